The zero-order valence-corrected chi connectivity index (χ0v) is 19.6. The second-order valence-corrected chi connectivity index (χ2v) is 9.59. The average Bonchev–Trinajstić information content (AvgIpc) is 3.18. The van der Waals surface area contributed by atoms with E-state index in [9.17, 15) is 14.4 Å². The molecule has 3 aliphatic heterocycles. The molecule has 1 N–H and O–H groups in total. The summed E-state index contributed by atoms with van der Waals surface area (Å²) in [7, 11) is 0. The molecule has 0 bridgehead atoms. The largest absolute Gasteiger partial charge is 0.322 e. The van der Waals surface area contributed by atoms with Gasteiger partial charge in [0.15, 0.2) is 5.82 Å². The molecule has 3 amide bonds. The molecule has 2 saturated heterocycles. The van der Waals surface area contributed by atoms with Gasteiger partial charge in [0, 0.05) is 55.0 Å². The normalized spacial score (nSPS) is 21.8. The van der Waals surface area contributed by atoms with Crippen molar-refractivity contribution in [3.63, 3.8) is 0 Å². The highest BCUT2D eigenvalue weighted by atomic mass is 19.1. The Hall–Kier alpha value is -3.91. The first-order chi connectivity index (χ1) is 17.5. The molecular formula is C28H25FN4O3. The summed E-state index contributed by atoms with van der Waals surface area (Å²) in [4.78, 5) is 44.8. The maximum Gasteiger partial charge on any atom is 0.255 e. The number of likely N-dealkylation sites (tertiary alicyclic amines) is 1. The van der Waals surface area contributed by atoms with Crippen molar-refractivity contribution in [2.45, 2.75) is 44.4 Å². The van der Waals surface area contributed by atoms with Gasteiger partial charge in [-0.1, -0.05) is 36.4 Å². The first-order valence-electron chi connectivity index (χ1n) is 12.2. The molecule has 2 atom stereocenters. The van der Waals surface area contributed by atoms with Crippen molar-refractivity contribution in [2.75, 3.05) is 6.54 Å². The van der Waals surface area contributed by atoms with Crippen molar-refractivity contribution >= 4 is 17.7 Å². The lowest BCUT2D eigenvalue weighted by Crippen LogP contribution is -2.52. The maximum absolute atomic E-state index is 15.6. The molecule has 36 heavy (non-hydrogen) atoms. The quantitative estimate of drug-likeness (QED) is 0.560. The van der Waals surface area contributed by atoms with Crippen molar-refractivity contribution in [2.24, 2.45) is 0 Å². The molecule has 0 spiro atoms. The number of benzene rings is 2. The van der Waals surface area contributed by atoms with Crippen LogP contribution in [0.2, 0.25) is 0 Å². The number of nitrogens with zero attached hydrogens (tertiary/aromatic N) is 3. The number of aromatic nitrogens is 1. The second-order valence-electron chi connectivity index (χ2n) is 9.59. The van der Waals surface area contributed by atoms with E-state index in [0.29, 0.717) is 29.7 Å². The molecular weight excluding hydrogens is 459 g/mol. The fourth-order valence-corrected chi connectivity index (χ4v) is 5.43. The van der Waals surface area contributed by atoms with Gasteiger partial charge in [-0.15, -0.1) is 0 Å². The van der Waals surface area contributed by atoms with E-state index in [1.807, 2.05) is 18.2 Å². The second kappa shape index (κ2) is 8.95. The summed E-state index contributed by atoms with van der Waals surface area (Å²) in [6.07, 6.45) is 3.17. The van der Waals surface area contributed by atoms with Crippen LogP contribution in [-0.4, -0.2) is 45.1 Å². The molecule has 8 heteroatoms. The number of imide groups is 1. The van der Waals surface area contributed by atoms with Gasteiger partial charge in [0.25, 0.3) is 5.91 Å². The lowest BCUT2D eigenvalue weighted by molar-refractivity contribution is -0.136. The van der Waals surface area contributed by atoms with Gasteiger partial charge < -0.3 is 4.90 Å². The van der Waals surface area contributed by atoms with Crippen LogP contribution in [0.1, 0.15) is 52.4 Å². The monoisotopic (exact) mass is 484 g/mol. The number of hydrogen-bond acceptors (Lipinski definition) is 5. The molecule has 2 fully saturated rings. The summed E-state index contributed by atoms with van der Waals surface area (Å²) in [6, 6.07) is 16.7. The number of piperidine rings is 1. The van der Waals surface area contributed by atoms with E-state index in [4.69, 9.17) is 0 Å². The lowest BCUT2D eigenvalue weighted by Gasteiger charge is -2.41. The van der Waals surface area contributed by atoms with Gasteiger partial charge in [-0.25, -0.2) is 4.39 Å². The van der Waals surface area contributed by atoms with Crippen LogP contribution in [0.15, 0.2) is 60.8 Å². The highest BCUT2D eigenvalue weighted by Gasteiger charge is 2.39. The Morgan fingerprint density at radius 1 is 1.00 bits per heavy atom. The molecule has 3 aromatic rings. The van der Waals surface area contributed by atoms with Crippen LogP contribution in [0.4, 0.5) is 4.39 Å². The van der Waals surface area contributed by atoms with E-state index in [1.54, 1.807) is 30.5 Å². The summed E-state index contributed by atoms with van der Waals surface area (Å²) < 4.78 is 15.6. The topological polar surface area (TPSA) is 82.6 Å². The predicted octanol–water partition coefficient (Wildman–Crippen LogP) is 3.60. The number of halogens is 1. The zero-order valence-electron chi connectivity index (χ0n) is 19.6. The van der Waals surface area contributed by atoms with Crippen LogP contribution >= 0.6 is 0 Å². The number of rotatable bonds is 5. The first-order valence-corrected chi connectivity index (χ1v) is 12.2. The molecule has 182 valence electrons. The Morgan fingerprint density at radius 2 is 1.83 bits per heavy atom. The molecule has 0 radical (unpaired) electrons. The smallest absolute Gasteiger partial charge is 0.255 e. The van der Waals surface area contributed by atoms with Crippen LogP contribution in [0, 0.1) is 5.82 Å². The molecule has 3 aliphatic rings. The molecule has 0 saturated carbocycles. The SMILES string of the molecule is O=C1CCC(N2Cc3cc(-c4nccc(CN5CCC5c5ccccc5)c4F)ccc3C2=O)C(=O)N1. The van der Waals surface area contributed by atoms with Crippen LogP contribution in [0.3, 0.4) is 0 Å². The molecule has 1 aromatic heterocycles. The van der Waals surface area contributed by atoms with E-state index in [-0.39, 0.29) is 42.3 Å². The minimum atomic E-state index is -0.682. The van der Waals surface area contributed by atoms with Crippen molar-refractivity contribution in [1.29, 1.82) is 0 Å². The zero-order chi connectivity index (χ0) is 24.8. The van der Waals surface area contributed by atoms with Crippen LogP contribution < -0.4 is 5.32 Å². The third-order valence-corrected chi connectivity index (χ3v) is 7.45. The van der Waals surface area contributed by atoms with Crippen molar-refractivity contribution in [3.8, 4) is 11.3 Å². The molecule has 4 heterocycles. The Morgan fingerprint density at radius 3 is 2.58 bits per heavy atom. The van der Waals surface area contributed by atoms with E-state index >= 15 is 4.39 Å². The van der Waals surface area contributed by atoms with Gasteiger partial charge in [-0.3, -0.25) is 29.6 Å². The number of hydrogen-bond donors (Lipinski definition) is 1. The fourth-order valence-electron chi connectivity index (χ4n) is 5.43. The van der Waals surface area contributed by atoms with Crippen molar-refractivity contribution < 1.29 is 18.8 Å². The first kappa shape index (κ1) is 22.5. The third-order valence-electron chi connectivity index (χ3n) is 7.45. The van der Waals surface area contributed by atoms with E-state index in [1.165, 1.54) is 10.5 Å². The van der Waals surface area contributed by atoms with E-state index < -0.39 is 11.9 Å². The van der Waals surface area contributed by atoms with Gasteiger partial charge in [0.05, 0.1) is 0 Å². The lowest BCUT2D eigenvalue weighted by atomic mass is 9.94. The highest BCUT2D eigenvalue weighted by Crippen LogP contribution is 2.36. The maximum atomic E-state index is 15.6. The minimum Gasteiger partial charge on any atom is -0.322 e. The van der Waals surface area contributed by atoms with E-state index in [0.717, 1.165) is 18.5 Å². The number of nitrogens with one attached hydrogen (secondary N) is 1. The molecule has 0 aliphatic carbocycles. The van der Waals surface area contributed by atoms with Crippen molar-refractivity contribution in [1.82, 2.24) is 20.1 Å². The summed E-state index contributed by atoms with van der Waals surface area (Å²) >= 11 is 0. The van der Waals surface area contributed by atoms with Gasteiger partial charge in [0.2, 0.25) is 11.8 Å². The van der Waals surface area contributed by atoms with E-state index in [2.05, 4.69) is 27.3 Å². The Kier molecular flexibility index (Phi) is 5.60. The molecule has 6 rings (SSSR count). The Bertz CT molecular complexity index is 1380. The summed E-state index contributed by atoms with van der Waals surface area (Å²) in [6.45, 7) is 1.64. The molecule has 7 nitrogen and oxygen atoms in total. The summed E-state index contributed by atoms with van der Waals surface area (Å²) in [5.74, 6) is -1.38. The number of carbonyl (C=O) groups is 3. The van der Waals surface area contributed by atoms with Crippen LogP contribution in [-0.2, 0) is 22.7 Å². The van der Waals surface area contributed by atoms with Crippen LogP contribution in [0.25, 0.3) is 11.3 Å². The van der Waals surface area contributed by atoms with Gasteiger partial charge >= 0.3 is 0 Å². The average molecular weight is 485 g/mol. The third kappa shape index (κ3) is 3.87. The Balaban J connectivity index is 1.23. The Labute approximate surface area is 207 Å². The van der Waals surface area contributed by atoms with Gasteiger partial charge in [-0.2, -0.15) is 0 Å². The highest BCUT2D eigenvalue weighted by molar-refractivity contribution is 6.05. The standard InChI is InChI=1S/C28H25FN4O3/c29-25-19(15-32-13-11-22(32)17-4-2-1-3-5-17)10-12-30-26(25)18-6-7-21-20(14-18)16-33(28(21)36)23-8-9-24(34)31-27(23)35/h1-7,10,12,14,22-23H,8-9,11,13,15-16H2,(H,31,34,35). The van der Waals surface area contributed by atoms with Gasteiger partial charge in [-0.05, 0) is 42.2 Å². The summed E-state index contributed by atoms with van der Waals surface area (Å²) in [5.41, 5.74) is 3.88. The summed E-state index contributed by atoms with van der Waals surface area (Å²) in [5, 5.41) is 2.31. The number of carbonyl (C=O) groups excluding carboxylic acids is 3. The molecule has 2 aromatic carbocycles. The predicted molar refractivity (Wildman–Crippen MR) is 130 cm³/mol. The fraction of sp³-hybridized carbons (Fsp3) is 0.286. The molecule has 2 unspecified atom stereocenters. The number of amides is 3. The van der Waals surface area contributed by atoms with Gasteiger partial charge in [0.1, 0.15) is 11.7 Å². The minimum absolute atomic E-state index is 0.200. The van der Waals surface area contributed by atoms with Crippen LogP contribution in [0.5, 0.6) is 0 Å². The number of pyridine rings is 1. The number of fused-ring (bicyclic) bond motifs is 1. The van der Waals surface area contributed by atoms with Crippen molar-refractivity contribution in [3.05, 3.63) is 88.9 Å².